The van der Waals surface area contributed by atoms with Gasteiger partial charge in [0.25, 0.3) is 0 Å². The van der Waals surface area contributed by atoms with Crippen molar-refractivity contribution in [3.05, 3.63) is 0 Å². The van der Waals surface area contributed by atoms with Gasteiger partial charge in [0.05, 0.1) is 13.2 Å². The smallest absolute Gasteiger partial charge is 0.0626 e. The van der Waals surface area contributed by atoms with Crippen LogP contribution in [0.3, 0.4) is 0 Å². The summed E-state index contributed by atoms with van der Waals surface area (Å²) in [6.07, 6.45) is 2.74. The molecule has 2 heteroatoms. The lowest BCUT2D eigenvalue weighted by Crippen LogP contribution is -2.41. The highest BCUT2D eigenvalue weighted by molar-refractivity contribution is 4.94. The van der Waals surface area contributed by atoms with Crippen molar-refractivity contribution in [3.63, 3.8) is 0 Å². The monoisotopic (exact) mass is 155 g/mol. The summed E-state index contributed by atoms with van der Waals surface area (Å²) in [5, 5.41) is 3.62. The van der Waals surface area contributed by atoms with Gasteiger partial charge in [-0.3, -0.25) is 0 Å². The quantitative estimate of drug-likeness (QED) is 0.646. The van der Waals surface area contributed by atoms with Crippen LogP contribution in [0.5, 0.6) is 0 Å². The molecule has 1 unspecified atom stereocenters. The summed E-state index contributed by atoms with van der Waals surface area (Å²) in [4.78, 5) is 0. The molecular formula is C9H17NO. The molecular weight excluding hydrogens is 138 g/mol. The van der Waals surface area contributed by atoms with Crippen molar-refractivity contribution < 1.29 is 4.74 Å². The molecule has 1 atom stereocenters. The summed E-state index contributed by atoms with van der Waals surface area (Å²) in [6.45, 7) is 6.38. The molecule has 0 radical (unpaired) electrons. The lowest BCUT2D eigenvalue weighted by atomic mass is 9.88. The van der Waals surface area contributed by atoms with Crippen LogP contribution in [-0.4, -0.2) is 25.3 Å². The number of hydrogen-bond acceptors (Lipinski definition) is 2. The second kappa shape index (κ2) is 2.46. The van der Waals surface area contributed by atoms with E-state index in [0.29, 0.717) is 11.5 Å². The topological polar surface area (TPSA) is 21.3 Å². The lowest BCUT2D eigenvalue weighted by molar-refractivity contribution is 0.166. The van der Waals surface area contributed by atoms with Gasteiger partial charge in [-0.2, -0.15) is 0 Å². The Morgan fingerprint density at radius 3 is 2.55 bits per heavy atom. The molecule has 2 nitrogen and oxygen atoms in total. The van der Waals surface area contributed by atoms with Crippen LogP contribution in [0.4, 0.5) is 0 Å². The van der Waals surface area contributed by atoms with Gasteiger partial charge >= 0.3 is 0 Å². The Hall–Kier alpha value is -0.0800. The van der Waals surface area contributed by atoms with Gasteiger partial charge in [-0.05, 0) is 12.8 Å². The maximum atomic E-state index is 5.44. The lowest BCUT2D eigenvalue weighted by Gasteiger charge is -2.25. The molecule has 0 aromatic rings. The molecule has 0 aromatic carbocycles. The van der Waals surface area contributed by atoms with Crippen LogP contribution in [0.25, 0.3) is 0 Å². The van der Waals surface area contributed by atoms with Crippen LogP contribution in [0.2, 0.25) is 0 Å². The third-order valence-corrected chi connectivity index (χ3v) is 2.72. The Kier molecular flexibility index (Phi) is 1.69. The molecule has 0 aromatic heterocycles. The fraction of sp³-hybridized carbons (Fsp3) is 1.00. The highest BCUT2D eigenvalue weighted by Gasteiger charge is 2.38. The molecule has 2 fully saturated rings. The molecule has 0 spiro atoms. The zero-order valence-electron chi connectivity index (χ0n) is 7.39. The molecule has 2 rings (SSSR count). The highest BCUT2D eigenvalue weighted by Crippen LogP contribution is 2.30. The molecule has 0 bridgehead atoms. The molecule has 1 aliphatic heterocycles. The zero-order chi connectivity index (χ0) is 7.90. The average molecular weight is 155 g/mol. The van der Waals surface area contributed by atoms with E-state index in [1.54, 1.807) is 0 Å². The van der Waals surface area contributed by atoms with Crippen molar-refractivity contribution in [1.29, 1.82) is 0 Å². The van der Waals surface area contributed by atoms with Crippen LogP contribution in [0, 0.1) is 5.41 Å². The van der Waals surface area contributed by atoms with E-state index >= 15 is 0 Å². The predicted molar refractivity (Wildman–Crippen MR) is 44.5 cm³/mol. The highest BCUT2D eigenvalue weighted by atomic mass is 16.5. The zero-order valence-corrected chi connectivity index (χ0v) is 7.39. The molecule has 1 aliphatic carbocycles. The standard InChI is InChI=1S/C9H17NO/c1-9(2)6-11-5-8(9)10-7-3-4-7/h7-8,10H,3-6H2,1-2H3. The largest absolute Gasteiger partial charge is 0.379 e. The van der Waals surface area contributed by atoms with Crippen LogP contribution < -0.4 is 5.32 Å². The van der Waals surface area contributed by atoms with Crippen molar-refractivity contribution in [2.24, 2.45) is 5.41 Å². The van der Waals surface area contributed by atoms with Gasteiger partial charge in [-0.25, -0.2) is 0 Å². The van der Waals surface area contributed by atoms with Gasteiger partial charge in [0.1, 0.15) is 0 Å². The van der Waals surface area contributed by atoms with E-state index in [0.717, 1.165) is 19.3 Å². The summed E-state index contributed by atoms with van der Waals surface area (Å²) >= 11 is 0. The number of hydrogen-bond donors (Lipinski definition) is 1. The Morgan fingerprint density at radius 2 is 2.09 bits per heavy atom. The summed E-state index contributed by atoms with van der Waals surface area (Å²) in [6, 6.07) is 1.40. The molecule has 64 valence electrons. The Balaban J connectivity index is 1.90. The van der Waals surface area contributed by atoms with Gasteiger partial charge < -0.3 is 10.1 Å². The van der Waals surface area contributed by atoms with E-state index in [4.69, 9.17) is 4.74 Å². The Bertz CT molecular complexity index is 152. The average Bonchev–Trinajstić information content (AvgIpc) is 2.63. The maximum absolute atomic E-state index is 5.44. The fourth-order valence-corrected chi connectivity index (χ4v) is 1.57. The minimum atomic E-state index is 0.350. The molecule has 1 heterocycles. The maximum Gasteiger partial charge on any atom is 0.0626 e. The van der Waals surface area contributed by atoms with Gasteiger partial charge in [-0.15, -0.1) is 0 Å². The van der Waals surface area contributed by atoms with Crippen LogP contribution in [0.15, 0.2) is 0 Å². The number of ether oxygens (including phenoxy) is 1. The summed E-state index contributed by atoms with van der Waals surface area (Å²) in [5.41, 5.74) is 0.350. The van der Waals surface area contributed by atoms with Crippen molar-refractivity contribution >= 4 is 0 Å². The van der Waals surface area contributed by atoms with Crippen molar-refractivity contribution in [2.45, 2.75) is 38.8 Å². The van der Waals surface area contributed by atoms with Crippen LogP contribution >= 0.6 is 0 Å². The van der Waals surface area contributed by atoms with Crippen molar-refractivity contribution in [3.8, 4) is 0 Å². The first kappa shape index (κ1) is 7.56. The second-order valence-electron chi connectivity index (χ2n) is 4.50. The van der Waals surface area contributed by atoms with E-state index in [1.807, 2.05) is 0 Å². The molecule has 0 amide bonds. The normalized spacial score (nSPS) is 36.0. The van der Waals surface area contributed by atoms with E-state index in [1.165, 1.54) is 12.8 Å². The summed E-state index contributed by atoms with van der Waals surface area (Å²) < 4.78 is 5.44. The molecule has 1 saturated carbocycles. The third-order valence-electron chi connectivity index (χ3n) is 2.72. The van der Waals surface area contributed by atoms with E-state index < -0.39 is 0 Å². The second-order valence-corrected chi connectivity index (χ2v) is 4.50. The van der Waals surface area contributed by atoms with E-state index in [9.17, 15) is 0 Å². The minimum absolute atomic E-state index is 0.350. The van der Waals surface area contributed by atoms with Crippen LogP contribution in [-0.2, 0) is 4.74 Å². The minimum Gasteiger partial charge on any atom is -0.379 e. The van der Waals surface area contributed by atoms with Crippen molar-refractivity contribution in [2.75, 3.05) is 13.2 Å². The molecule has 1 N–H and O–H groups in total. The number of nitrogens with one attached hydrogen (secondary N) is 1. The first-order valence-corrected chi connectivity index (χ1v) is 4.52. The Labute approximate surface area is 68.3 Å². The predicted octanol–water partition coefficient (Wildman–Crippen LogP) is 1.16. The molecule has 2 aliphatic rings. The van der Waals surface area contributed by atoms with Gasteiger partial charge in [0.15, 0.2) is 0 Å². The van der Waals surface area contributed by atoms with E-state index in [2.05, 4.69) is 19.2 Å². The third kappa shape index (κ3) is 1.57. The van der Waals surface area contributed by atoms with Crippen molar-refractivity contribution in [1.82, 2.24) is 5.32 Å². The first-order chi connectivity index (χ1) is 5.18. The van der Waals surface area contributed by atoms with Gasteiger partial charge in [-0.1, -0.05) is 13.8 Å². The summed E-state index contributed by atoms with van der Waals surface area (Å²) in [7, 11) is 0. The first-order valence-electron chi connectivity index (χ1n) is 4.52. The Morgan fingerprint density at radius 1 is 1.36 bits per heavy atom. The molecule has 1 saturated heterocycles. The van der Waals surface area contributed by atoms with Gasteiger partial charge in [0, 0.05) is 17.5 Å². The fourth-order valence-electron chi connectivity index (χ4n) is 1.57. The molecule has 11 heavy (non-hydrogen) atoms. The summed E-state index contributed by atoms with van der Waals surface area (Å²) in [5.74, 6) is 0. The number of rotatable bonds is 2. The SMILES string of the molecule is CC1(C)COCC1NC1CC1. The van der Waals surface area contributed by atoms with Gasteiger partial charge in [0.2, 0.25) is 0 Å². The van der Waals surface area contributed by atoms with E-state index in [-0.39, 0.29) is 0 Å². The van der Waals surface area contributed by atoms with Crippen LogP contribution in [0.1, 0.15) is 26.7 Å².